The zero-order chi connectivity index (χ0) is 11.4. The van der Waals surface area contributed by atoms with Gasteiger partial charge in [-0.2, -0.15) is 0 Å². The molecule has 0 rings (SSSR count). The van der Waals surface area contributed by atoms with Crippen LogP contribution >= 0.6 is 0 Å². The maximum Gasteiger partial charge on any atom is 0.143 e. The first-order valence-electron chi connectivity index (χ1n) is 5.02. The molecule has 0 aliphatic heterocycles. The van der Waals surface area contributed by atoms with Crippen molar-refractivity contribution in [3.05, 3.63) is 23.8 Å². The second kappa shape index (κ2) is 4.59. The van der Waals surface area contributed by atoms with Gasteiger partial charge in [-0.3, -0.25) is 4.79 Å². The molecule has 0 aromatic rings. The molecule has 0 heterocycles. The minimum absolute atomic E-state index is 0.0304. The summed E-state index contributed by atoms with van der Waals surface area (Å²) < 4.78 is 0. The summed E-state index contributed by atoms with van der Waals surface area (Å²) in [6, 6.07) is 0. The maximum atomic E-state index is 10.5. The number of aldehydes is 1. The largest absolute Gasteiger partial charge is 0.299 e. The summed E-state index contributed by atoms with van der Waals surface area (Å²) in [6.45, 7) is 12.8. The molecule has 0 amide bonds. The van der Waals surface area contributed by atoms with Crippen molar-refractivity contribution in [1.29, 1.82) is 0 Å². The van der Waals surface area contributed by atoms with Crippen LogP contribution in [0.2, 0.25) is 0 Å². The summed E-state index contributed by atoms with van der Waals surface area (Å²) in [5.41, 5.74) is 1.26. The molecule has 0 saturated heterocycles. The Kier molecular flexibility index (Phi) is 4.31. The number of allylic oxidation sites excluding steroid dienone is 4. The van der Waals surface area contributed by atoms with Gasteiger partial charge >= 0.3 is 0 Å². The molecule has 0 saturated carbocycles. The molecule has 0 N–H and O–H groups in total. The number of rotatable bonds is 2. The van der Waals surface area contributed by atoms with Crippen LogP contribution in [0.5, 0.6) is 0 Å². The van der Waals surface area contributed by atoms with Gasteiger partial charge in [0.25, 0.3) is 0 Å². The van der Waals surface area contributed by atoms with Crippen LogP contribution in [0.25, 0.3) is 0 Å². The Labute approximate surface area is 87.9 Å². The molecule has 0 fully saturated rings. The number of carbonyl (C=O) groups excluding carboxylic acids is 1. The van der Waals surface area contributed by atoms with E-state index in [1.165, 1.54) is 0 Å². The summed E-state index contributed by atoms with van der Waals surface area (Å²) >= 11 is 0. The van der Waals surface area contributed by atoms with Crippen LogP contribution in [0.3, 0.4) is 0 Å². The van der Waals surface area contributed by atoms with Crippen molar-refractivity contribution in [3.8, 4) is 0 Å². The molecule has 0 spiro atoms. The molecule has 0 atom stereocenters. The smallest absolute Gasteiger partial charge is 0.143 e. The fourth-order valence-corrected chi connectivity index (χ4v) is 0.969. The van der Waals surface area contributed by atoms with Crippen LogP contribution in [-0.2, 0) is 4.79 Å². The van der Waals surface area contributed by atoms with Gasteiger partial charge in [0, 0.05) is 0 Å². The van der Waals surface area contributed by atoms with Crippen molar-refractivity contribution in [2.45, 2.75) is 41.5 Å². The minimum Gasteiger partial charge on any atom is -0.299 e. The van der Waals surface area contributed by atoms with E-state index in [2.05, 4.69) is 53.7 Å². The van der Waals surface area contributed by atoms with E-state index in [0.717, 1.165) is 11.9 Å². The number of carbonyl (C=O) groups is 1. The van der Waals surface area contributed by atoms with Crippen molar-refractivity contribution in [3.63, 3.8) is 0 Å². The van der Waals surface area contributed by atoms with E-state index in [9.17, 15) is 4.79 Å². The summed E-state index contributed by atoms with van der Waals surface area (Å²) in [7, 11) is 0. The average Bonchev–Trinajstić information content (AvgIpc) is 1.93. The lowest BCUT2D eigenvalue weighted by molar-refractivity contribution is -0.104. The van der Waals surface area contributed by atoms with Crippen molar-refractivity contribution in [2.75, 3.05) is 0 Å². The molecule has 0 aromatic carbocycles. The lowest BCUT2D eigenvalue weighted by atomic mass is 9.84. The van der Waals surface area contributed by atoms with Crippen molar-refractivity contribution in [2.24, 2.45) is 10.8 Å². The Balaban J connectivity index is 4.83. The van der Waals surface area contributed by atoms with Crippen molar-refractivity contribution in [1.82, 2.24) is 0 Å². The molecule has 0 aliphatic rings. The molecule has 1 heteroatoms. The third kappa shape index (κ3) is 5.74. The topological polar surface area (TPSA) is 17.1 Å². The van der Waals surface area contributed by atoms with Crippen molar-refractivity contribution < 1.29 is 4.79 Å². The van der Waals surface area contributed by atoms with E-state index in [-0.39, 0.29) is 10.8 Å². The second-order valence-electron chi connectivity index (χ2n) is 5.71. The van der Waals surface area contributed by atoms with Gasteiger partial charge in [-0.25, -0.2) is 0 Å². The highest BCUT2D eigenvalue weighted by atomic mass is 16.1. The lowest BCUT2D eigenvalue weighted by Crippen LogP contribution is -2.09. The Morgan fingerprint density at radius 1 is 1.00 bits per heavy atom. The molecule has 0 unspecified atom stereocenters. The molecular formula is C13H22O. The normalized spacial score (nSPS) is 14.9. The van der Waals surface area contributed by atoms with Crippen molar-refractivity contribution >= 4 is 6.29 Å². The van der Waals surface area contributed by atoms with Crippen LogP contribution in [0.4, 0.5) is 0 Å². The van der Waals surface area contributed by atoms with Gasteiger partial charge in [-0.1, -0.05) is 53.7 Å². The molecule has 0 radical (unpaired) electrons. The predicted octanol–water partition coefficient (Wildman–Crippen LogP) is 3.76. The van der Waals surface area contributed by atoms with E-state index in [1.807, 2.05) is 0 Å². The monoisotopic (exact) mass is 194 g/mol. The molecule has 0 aliphatic carbocycles. The molecule has 14 heavy (non-hydrogen) atoms. The molecule has 80 valence electrons. The van der Waals surface area contributed by atoms with Crippen LogP contribution in [0.1, 0.15) is 41.5 Å². The zero-order valence-corrected chi connectivity index (χ0v) is 10.2. The predicted molar refractivity (Wildman–Crippen MR) is 62.2 cm³/mol. The summed E-state index contributed by atoms with van der Waals surface area (Å²) in [5.74, 6) is 0. The fraction of sp³-hybridized carbons (Fsp3) is 0.615. The molecule has 1 nitrogen and oxygen atoms in total. The summed E-state index contributed by atoms with van der Waals surface area (Å²) in [4.78, 5) is 10.5. The highest BCUT2D eigenvalue weighted by Crippen LogP contribution is 2.27. The number of hydrogen-bond acceptors (Lipinski definition) is 1. The number of hydrogen-bond donors (Lipinski definition) is 0. The average molecular weight is 194 g/mol. The van der Waals surface area contributed by atoms with E-state index >= 15 is 0 Å². The maximum absolute atomic E-state index is 10.5. The van der Waals surface area contributed by atoms with Gasteiger partial charge < -0.3 is 0 Å². The van der Waals surface area contributed by atoms with Gasteiger partial charge in [0.2, 0.25) is 0 Å². The van der Waals surface area contributed by atoms with Gasteiger partial charge in [0.15, 0.2) is 0 Å². The fourth-order valence-electron chi connectivity index (χ4n) is 0.969. The Bertz CT molecular complexity index is 243. The highest BCUT2D eigenvalue weighted by Gasteiger charge is 2.15. The van der Waals surface area contributed by atoms with Crippen LogP contribution in [-0.4, -0.2) is 6.29 Å². The third-order valence-corrected chi connectivity index (χ3v) is 1.88. The first-order chi connectivity index (χ1) is 6.17. The first-order valence-corrected chi connectivity index (χ1v) is 5.02. The first kappa shape index (κ1) is 13.2. The van der Waals surface area contributed by atoms with Gasteiger partial charge in [-0.15, -0.1) is 0 Å². The highest BCUT2D eigenvalue weighted by molar-refractivity contribution is 5.67. The van der Waals surface area contributed by atoms with Gasteiger partial charge in [0.05, 0.1) is 0 Å². The SMILES string of the molecule is CC(C)(C)/C=C\C(=CC=O)C(C)(C)C. The van der Waals surface area contributed by atoms with E-state index in [0.29, 0.717) is 0 Å². The minimum atomic E-state index is 0.0304. The van der Waals surface area contributed by atoms with E-state index in [1.54, 1.807) is 6.08 Å². The summed E-state index contributed by atoms with van der Waals surface area (Å²) in [5, 5.41) is 0. The standard InChI is InChI=1S/C13H22O/c1-12(2,3)9-7-11(8-10-14)13(4,5)6/h7-10H,1-6H3/b9-7-,11-8?. The molecule has 0 aromatic heterocycles. The van der Waals surface area contributed by atoms with E-state index in [4.69, 9.17) is 0 Å². The molecule has 0 bridgehead atoms. The zero-order valence-electron chi connectivity index (χ0n) is 10.2. The van der Waals surface area contributed by atoms with Gasteiger partial charge in [-0.05, 0) is 22.5 Å². The Hall–Kier alpha value is -0.850. The lowest BCUT2D eigenvalue weighted by Gasteiger charge is -2.21. The van der Waals surface area contributed by atoms with Crippen LogP contribution in [0, 0.1) is 10.8 Å². The summed E-state index contributed by atoms with van der Waals surface area (Å²) in [6.07, 6.45) is 6.68. The van der Waals surface area contributed by atoms with Gasteiger partial charge in [0.1, 0.15) is 6.29 Å². The second-order valence-corrected chi connectivity index (χ2v) is 5.71. The Morgan fingerprint density at radius 3 is 1.79 bits per heavy atom. The quantitative estimate of drug-likeness (QED) is 0.371. The molecular weight excluding hydrogens is 172 g/mol. The van der Waals surface area contributed by atoms with E-state index < -0.39 is 0 Å². The van der Waals surface area contributed by atoms with Crippen LogP contribution < -0.4 is 0 Å². The third-order valence-electron chi connectivity index (χ3n) is 1.88. The Morgan fingerprint density at radius 2 is 1.50 bits per heavy atom. The van der Waals surface area contributed by atoms with Crippen LogP contribution in [0.15, 0.2) is 23.8 Å².